The van der Waals surface area contributed by atoms with E-state index in [1.165, 1.54) is 0 Å². The number of carbonyl (C=O) groups is 1. The predicted octanol–water partition coefficient (Wildman–Crippen LogP) is 1.98. The number of aromatic nitrogens is 2. The number of rotatable bonds is 3. The molecule has 0 radical (unpaired) electrons. The van der Waals surface area contributed by atoms with E-state index in [4.69, 9.17) is 0 Å². The first-order valence-electron chi connectivity index (χ1n) is 5.08. The number of carbonyl (C=O) groups excluding carboxylic acids is 1. The van der Waals surface area contributed by atoms with E-state index in [1.807, 2.05) is 27.7 Å². The molecule has 1 aromatic heterocycles. The van der Waals surface area contributed by atoms with Crippen LogP contribution in [0.4, 0.5) is 0 Å². The minimum absolute atomic E-state index is 0.0585. The Morgan fingerprint density at radius 2 is 2.13 bits per heavy atom. The first-order chi connectivity index (χ1) is 6.96. The van der Waals surface area contributed by atoms with Gasteiger partial charge in [0.15, 0.2) is 0 Å². The Balaban J connectivity index is 2.86. The molecule has 1 amide bonds. The summed E-state index contributed by atoms with van der Waals surface area (Å²) in [4.78, 5) is 12.4. The van der Waals surface area contributed by atoms with Crippen LogP contribution < -0.4 is 5.32 Å². The van der Waals surface area contributed by atoms with Crippen LogP contribution in [0.3, 0.4) is 0 Å². The van der Waals surface area contributed by atoms with Crippen LogP contribution >= 0.6 is 11.5 Å². The Bertz CT molecular complexity index is 341. The highest BCUT2D eigenvalue weighted by atomic mass is 32.1. The van der Waals surface area contributed by atoms with E-state index >= 15 is 0 Å². The third-order valence-electron chi connectivity index (χ3n) is 1.94. The standard InChI is InChI=1S/C10H17N3OS/c1-5-6-11-9(14)7-8(10(2,3)4)12-13-15-7/h5-6H2,1-4H3,(H,11,14). The highest BCUT2D eigenvalue weighted by Gasteiger charge is 2.25. The molecule has 84 valence electrons. The van der Waals surface area contributed by atoms with Gasteiger partial charge in [0.2, 0.25) is 0 Å². The Hall–Kier alpha value is -0.970. The van der Waals surface area contributed by atoms with Crippen LogP contribution in [0, 0.1) is 0 Å². The summed E-state index contributed by atoms with van der Waals surface area (Å²) in [5.41, 5.74) is 0.646. The van der Waals surface area contributed by atoms with Gasteiger partial charge >= 0.3 is 0 Å². The van der Waals surface area contributed by atoms with E-state index < -0.39 is 0 Å². The number of nitrogens with one attached hydrogen (secondary N) is 1. The average Bonchev–Trinajstić information content (AvgIpc) is 2.61. The quantitative estimate of drug-likeness (QED) is 0.859. The molecule has 1 heterocycles. The smallest absolute Gasteiger partial charge is 0.264 e. The maximum absolute atomic E-state index is 11.8. The number of hydrogen-bond donors (Lipinski definition) is 1. The molecule has 5 heteroatoms. The molecule has 0 unspecified atom stereocenters. The zero-order valence-corrected chi connectivity index (χ0v) is 10.4. The van der Waals surface area contributed by atoms with Crippen LogP contribution in [0.1, 0.15) is 49.5 Å². The van der Waals surface area contributed by atoms with Gasteiger partial charge in [0.05, 0.1) is 5.69 Å². The van der Waals surface area contributed by atoms with Crippen LogP contribution in [-0.2, 0) is 5.41 Å². The minimum Gasteiger partial charge on any atom is -0.351 e. The fourth-order valence-electron chi connectivity index (χ4n) is 1.15. The van der Waals surface area contributed by atoms with Crippen molar-refractivity contribution in [2.75, 3.05) is 6.54 Å². The van der Waals surface area contributed by atoms with Gasteiger partial charge in [0.1, 0.15) is 4.88 Å². The fourth-order valence-corrected chi connectivity index (χ4v) is 1.94. The Morgan fingerprint density at radius 3 is 2.67 bits per heavy atom. The van der Waals surface area contributed by atoms with Crippen LogP contribution in [0.2, 0.25) is 0 Å². The Morgan fingerprint density at radius 1 is 1.47 bits per heavy atom. The van der Waals surface area contributed by atoms with Crippen molar-refractivity contribution < 1.29 is 4.79 Å². The summed E-state index contributed by atoms with van der Waals surface area (Å²) in [6, 6.07) is 0. The van der Waals surface area contributed by atoms with E-state index in [0.29, 0.717) is 11.4 Å². The van der Waals surface area contributed by atoms with Crippen molar-refractivity contribution in [3.05, 3.63) is 10.6 Å². The van der Waals surface area contributed by atoms with Crippen molar-refractivity contribution in [3.63, 3.8) is 0 Å². The fraction of sp³-hybridized carbons (Fsp3) is 0.700. The SMILES string of the molecule is CCCNC(=O)c1snnc1C(C)(C)C. The highest BCUT2D eigenvalue weighted by molar-refractivity contribution is 7.08. The van der Waals surface area contributed by atoms with Crippen molar-refractivity contribution in [1.29, 1.82) is 0 Å². The molecule has 0 aliphatic rings. The number of amides is 1. The topological polar surface area (TPSA) is 54.9 Å². The molecule has 0 aromatic carbocycles. The second-order valence-corrected chi connectivity index (χ2v) is 5.21. The highest BCUT2D eigenvalue weighted by Crippen LogP contribution is 2.25. The van der Waals surface area contributed by atoms with Crippen molar-refractivity contribution in [2.45, 2.75) is 39.5 Å². The summed E-state index contributed by atoms with van der Waals surface area (Å²) in [6.45, 7) is 8.80. The predicted molar refractivity (Wildman–Crippen MR) is 61.2 cm³/mol. The summed E-state index contributed by atoms with van der Waals surface area (Å²) < 4.78 is 3.85. The average molecular weight is 227 g/mol. The minimum atomic E-state index is -0.133. The first kappa shape index (κ1) is 12.1. The molecule has 0 aliphatic carbocycles. The van der Waals surface area contributed by atoms with E-state index in [9.17, 15) is 4.79 Å². The molecule has 0 saturated carbocycles. The lowest BCUT2D eigenvalue weighted by molar-refractivity contribution is 0.0955. The molecular weight excluding hydrogens is 210 g/mol. The van der Waals surface area contributed by atoms with Gasteiger partial charge in [-0.05, 0) is 18.0 Å². The van der Waals surface area contributed by atoms with Crippen LogP contribution in [0.25, 0.3) is 0 Å². The maximum atomic E-state index is 11.8. The van der Waals surface area contributed by atoms with Gasteiger partial charge in [-0.25, -0.2) is 0 Å². The van der Waals surface area contributed by atoms with E-state index in [0.717, 1.165) is 23.6 Å². The number of hydrogen-bond acceptors (Lipinski definition) is 4. The molecule has 0 saturated heterocycles. The summed E-state index contributed by atoms with van der Waals surface area (Å²) >= 11 is 1.16. The number of nitrogens with zero attached hydrogens (tertiary/aromatic N) is 2. The zero-order chi connectivity index (χ0) is 11.5. The molecule has 15 heavy (non-hydrogen) atoms. The monoisotopic (exact) mass is 227 g/mol. The third-order valence-corrected chi connectivity index (χ3v) is 2.66. The van der Waals surface area contributed by atoms with E-state index in [2.05, 4.69) is 14.9 Å². The summed E-state index contributed by atoms with van der Waals surface area (Å²) in [5.74, 6) is -0.0585. The van der Waals surface area contributed by atoms with Crippen molar-refractivity contribution in [2.24, 2.45) is 0 Å². The van der Waals surface area contributed by atoms with Gasteiger partial charge in [-0.1, -0.05) is 32.2 Å². The van der Waals surface area contributed by atoms with Gasteiger partial charge in [-0.15, -0.1) is 5.10 Å². The molecule has 0 spiro atoms. The van der Waals surface area contributed by atoms with Crippen molar-refractivity contribution >= 4 is 17.4 Å². The van der Waals surface area contributed by atoms with Gasteiger partial charge in [-0.2, -0.15) is 0 Å². The van der Waals surface area contributed by atoms with Crippen molar-refractivity contribution in [3.8, 4) is 0 Å². The third kappa shape index (κ3) is 2.99. The molecule has 0 atom stereocenters. The van der Waals surface area contributed by atoms with Gasteiger partial charge in [0, 0.05) is 12.0 Å². The summed E-state index contributed by atoms with van der Waals surface area (Å²) in [6.07, 6.45) is 0.933. The second kappa shape index (κ2) is 4.70. The van der Waals surface area contributed by atoms with Crippen LogP contribution in [0.5, 0.6) is 0 Å². The summed E-state index contributed by atoms with van der Waals surface area (Å²) in [7, 11) is 0. The molecule has 1 aromatic rings. The van der Waals surface area contributed by atoms with Crippen LogP contribution in [-0.4, -0.2) is 22.0 Å². The molecule has 0 fully saturated rings. The molecule has 0 aliphatic heterocycles. The maximum Gasteiger partial charge on any atom is 0.264 e. The first-order valence-corrected chi connectivity index (χ1v) is 5.85. The Kier molecular flexibility index (Phi) is 3.79. The lowest BCUT2D eigenvalue weighted by Gasteiger charge is -2.15. The Labute approximate surface area is 94.3 Å². The molecule has 1 N–H and O–H groups in total. The second-order valence-electron chi connectivity index (χ2n) is 4.46. The van der Waals surface area contributed by atoms with Gasteiger partial charge in [0.25, 0.3) is 5.91 Å². The van der Waals surface area contributed by atoms with Gasteiger partial charge in [-0.3, -0.25) is 4.79 Å². The van der Waals surface area contributed by atoms with E-state index in [1.54, 1.807) is 0 Å². The molecular formula is C10H17N3OS. The molecule has 4 nitrogen and oxygen atoms in total. The lowest BCUT2D eigenvalue weighted by Crippen LogP contribution is -2.26. The normalized spacial score (nSPS) is 11.5. The zero-order valence-electron chi connectivity index (χ0n) is 9.63. The van der Waals surface area contributed by atoms with E-state index in [-0.39, 0.29) is 11.3 Å². The molecule has 0 bridgehead atoms. The van der Waals surface area contributed by atoms with Crippen molar-refractivity contribution in [1.82, 2.24) is 14.9 Å². The van der Waals surface area contributed by atoms with Gasteiger partial charge < -0.3 is 5.32 Å². The largest absolute Gasteiger partial charge is 0.351 e. The lowest BCUT2D eigenvalue weighted by atomic mass is 9.91. The molecule has 1 rings (SSSR count). The summed E-state index contributed by atoms with van der Waals surface area (Å²) in [5, 5.41) is 6.86. The van der Waals surface area contributed by atoms with Crippen LogP contribution in [0.15, 0.2) is 0 Å².